The number of nitrogens with zero attached hydrogens (tertiary/aromatic N) is 4. The molecule has 1 heterocycles. The third-order valence-electron chi connectivity index (χ3n) is 3.72. The van der Waals surface area contributed by atoms with Crippen LogP contribution < -0.4 is 5.32 Å². The van der Waals surface area contributed by atoms with Gasteiger partial charge >= 0.3 is 0 Å². The van der Waals surface area contributed by atoms with Gasteiger partial charge in [-0.05, 0) is 50.0 Å². The maximum atomic E-state index is 9.00. The van der Waals surface area contributed by atoms with Crippen molar-refractivity contribution in [3.8, 4) is 18.2 Å². The number of rotatable bonds is 5. The lowest BCUT2D eigenvalue weighted by molar-refractivity contribution is 0.343. The highest BCUT2D eigenvalue weighted by atomic mass is 15.1. The van der Waals surface area contributed by atoms with E-state index in [0.29, 0.717) is 5.69 Å². The number of allylic oxidation sites excluding steroid dienone is 2. The van der Waals surface area contributed by atoms with E-state index in [1.54, 1.807) is 12.1 Å². The zero-order chi connectivity index (χ0) is 15.8. The third-order valence-corrected chi connectivity index (χ3v) is 3.72. The van der Waals surface area contributed by atoms with Crippen molar-refractivity contribution in [2.75, 3.05) is 25.0 Å². The van der Waals surface area contributed by atoms with E-state index in [9.17, 15) is 0 Å². The predicted molar refractivity (Wildman–Crippen MR) is 83.3 cm³/mol. The molecule has 0 spiro atoms. The van der Waals surface area contributed by atoms with Crippen LogP contribution in [0.1, 0.15) is 18.4 Å². The molecule has 1 aromatic carbocycles. The van der Waals surface area contributed by atoms with Gasteiger partial charge in [-0.1, -0.05) is 12.1 Å². The third kappa shape index (κ3) is 4.09. The summed E-state index contributed by atoms with van der Waals surface area (Å²) in [6.07, 6.45) is 3.60. The molecule has 22 heavy (non-hydrogen) atoms. The van der Waals surface area contributed by atoms with Crippen molar-refractivity contribution in [1.82, 2.24) is 4.90 Å². The molecule has 0 radical (unpaired) electrons. The molecule has 0 aromatic heterocycles. The number of hydrogen-bond acceptors (Lipinski definition) is 5. The van der Waals surface area contributed by atoms with E-state index in [0.717, 1.165) is 13.0 Å². The Morgan fingerprint density at radius 1 is 1.00 bits per heavy atom. The number of hydrogen-bond donors (Lipinski definition) is 1. The van der Waals surface area contributed by atoms with E-state index < -0.39 is 0 Å². The van der Waals surface area contributed by atoms with Crippen LogP contribution in [0, 0.1) is 34.0 Å². The maximum absolute atomic E-state index is 9.00. The molecule has 1 aromatic rings. The second-order valence-corrected chi connectivity index (χ2v) is 5.21. The summed E-state index contributed by atoms with van der Waals surface area (Å²) < 4.78 is 0. The molecule has 1 N–H and O–H groups in total. The number of nitriles is 3. The van der Waals surface area contributed by atoms with Crippen molar-refractivity contribution >= 4 is 5.69 Å². The van der Waals surface area contributed by atoms with Gasteiger partial charge in [0.05, 0.1) is 0 Å². The van der Waals surface area contributed by atoms with Crippen molar-refractivity contribution in [3.05, 3.63) is 41.1 Å². The Labute approximate surface area is 130 Å². The Bertz CT molecular complexity index is 645. The van der Waals surface area contributed by atoms with Gasteiger partial charge in [0.2, 0.25) is 0 Å². The van der Waals surface area contributed by atoms with Crippen LogP contribution in [-0.2, 0) is 6.42 Å². The first kappa shape index (κ1) is 15.6. The second-order valence-electron chi connectivity index (χ2n) is 5.21. The SMILES string of the molecule is N#CC(C#N)=C(C#N)Nc1ccc(CCN2CCCC2)cc1. The first-order chi connectivity index (χ1) is 10.8. The Hall–Kier alpha value is -2.81. The summed E-state index contributed by atoms with van der Waals surface area (Å²) in [5.74, 6) is 0. The van der Waals surface area contributed by atoms with Gasteiger partial charge in [0, 0.05) is 12.2 Å². The van der Waals surface area contributed by atoms with Gasteiger partial charge in [-0.3, -0.25) is 0 Å². The van der Waals surface area contributed by atoms with Crippen LogP contribution in [0.25, 0.3) is 0 Å². The van der Waals surface area contributed by atoms with Crippen LogP contribution in [0.15, 0.2) is 35.5 Å². The zero-order valence-electron chi connectivity index (χ0n) is 12.3. The molecule has 1 aliphatic rings. The van der Waals surface area contributed by atoms with Gasteiger partial charge in [0.25, 0.3) is 0 Å². The van der Waals surface area contributed by atoms with Crippen molar-refractivity contribution in [2.45, 2.75) is 19.3 Å². The van der Waals surface area contributed by atoms with E-state index in [-0.39, 0.29) is 11.3 Å². The molecule has 1 fully saturated rings. The molecule has 110 valence electrons. The van der Waals surface area contributed by atoms with Crippen LogP contribution >= 0.6 is 0 Å². The monoisotopic (exact) mass is 291 g/mol. The van der Waals surface area contributed by atoms with E-state index in [1.165, 1.54) is 31.5 Å². The number of likely N-dealkylation sites (tertiary alicyclic amines) is 1. The Morgan fingerprint density at radius 2 is 1.64 bits per heavy atom. The molecule has 5 heteroatoms. The fraction of sp³-hybridized carbons (Fsp3) is 0.353. The van der Waals surface area contributed by atoms with E-state index in [2.05, 4.69) is 10.2 Å². The van der Waals surface area contributed by atoms with Crippen molar-refractivity contribution in [3.63, 3.8) is 0 Å². The van der Waals surface area contributed by atoms with Gasteiger partial charge in [0.15, 0.2) is 5.57 Å². The molecule has 1 saturated heterocycles. The lowest BCUT2D eigenvalue weighted by atomic mass is 10.1. The molecule has 0 saturated carbocycles. The summed E-state index contributed by atoms with van der Waals surface area (Å²) in [6.45, 7) is 3.46. The highest BCUT2D eigenvalue weighted by Crippen LogP contribution is 2.15. The average molecular weight is 291 g/mol. The number of anilines is 1. The lowest BCUT2D eigenvalue weighted by Gasteiger charge is -2.14. The molecule has 0 amide bonds. The molecule has 1 aliphatic heterocycles. The topological polar surface area (TPSA) is 86.6 Å². The Morgan fingerprint density at radius 3 is 2.18 bits per heavy atom. The Kier molecular flexibility index (Phi) is 5.55. The van der Waals surface area contributed by atoms with E-state index in [4.69, 9.17) is 15.8 Å². The van der Waals surface area contributed by atoms with E-state index in [1.807, 2.05) is 30.3 Å². The molecule has 5 nitrogen and oxygen atoms in total. The number of nitrogens with one attached hydrogen (secondary N) is 1. The summed E-state index contributed by atoms with van der Waals surface area (Å²) in [6, 6.07) is 13.0. The minimum Gasteiger partial charge on any atom is -0.345 e. The molecular formula is C17H17N5. The standard InChI is InChI=1S/C17H17N5/c18-11-15(12-19)17(13-20)21-16-5-3-14(4-6-16)7-10-22-8-1-2-9-22/h3-6,21H,1-2,7-10H2. The highest BCUT2D eigenvalue weighted by molar-refractivity contribution is 5.58. The van der Waals surface area contributed by atoms with E-state index >= 15 is 0 Å². The summed E-state index contributed by atoms with van der Waals surface area (Å²) in [5, 5.41) is 29.4. The maximum Gasteiger partial charge on any atom is 0.163 e. The van der Waals surface area contributed by atoms with Crippen molar-refractivity contribution in [2.24, 2.45) is 0 Å². The van der Waals surface area contributed by atoms with Gasteiger partial charge in [-0.15, -0.1) is 0 Å². The molecule has 0 atom stereocenters. The number of benzene rings is 1. The summed E-state index contributed by atoms with van der Waals surface area (Å²) in [7, 11) is 0. The second kappa shape index (κ2) is 7.84. The van der Waals surface area contributed by atoms with Crippen LogP contribution in [0.3, 0.4) is 0 Å². The summed E-state index contributed by atoms with van der Waals surface area (Å²) in [5.41, 5.74) is 1.71. The van der Waals surface area contributed by atoms with Crippen molar-refractivity contribution in [1.29, 1.82) is 15.8 Å². The van der Waals surface area contributed by atoms with Gasteiger partial charge < -0.3 is 10.2 Å². The fourth-order valence-corrected chi connectivity index (χ4v) is 2.48. The average Bonchev–Trinajstić information content (AvgIpc) is 3.07. The minimum absolute atomic E-state index is 0.0187. The fourth-order valence-electron chi connectivity index (χ4n) is 2.48. The summed E-state index contributed by atoms with van der Waals surface area (Å²) in [4.78, 5) is 2.47. The summed E-state index contributed by atoms with van der Waals surface area (Å²) >= 11 is 0. The van der Waals surface area contributed by atoms with Crippen LogP contribution in [0.2, 0.25) is 0 Å². The Balaban J connectivity index is 1.97. The predicted octanol–water partition coefficient (Wildman–Crippen LogP) is 2.56. The quantitative estimate of drug-likeness (QED) is 0.842. The molecule has 0 unspecified atom stereocenters. The smallest absolute Gasteiger partial charge is 0.163 e. The lowest BCUT2D eigenvalue weighted by Crippen LogP contribution is -2.21. The molecule has 2 rings (SSSR count). The highest BCUT2D eigenvalue weighted by Gasteiger charge is 2.11. The van der Waals surface area contributed by atoms with Gasteiger partial charge in [0.1, 0.15) is 23.9 Å². The van der Waals surface area contributed by atoms with Crippen LogP contribution in [0.5, 0.6) is 0 Å². The van der Waals surface area contributed by atoms with Crippen molar-refractivity contribution < 1.29 is 0 Å². The van der Waals surface area contributed by atoms with Gasteiger partial charge in [-0.25, -0.2) is 0 Å². The van der Waals surface area contributed by atoms with Gasteiger partial charge in [-0.2, -0.15) is 15.8 Å². The van der Waals surface area contributed by atoms with Crippen LogP contribution in [-0.4, -0.2) is 24.5 Å². The van der Waals surface area contributed by atoms with Crippen LogP contribution in [0.4, 0.5) is 5.69 Å². The normalized spacial score (nSPS) is 13.7. The molecular weight excluding hydrogens is 274 g/mol. The largest absolute Gasteiger partial charge is 0.345 e. The first-order valence-electron chi connectivity index (χ1n) is 7.29. The zero-order valence-corrected chi connectivity index (χ0v) is 12.3. The molecule has 0 bridgehead atoms. The first-order valence-corrected chi connectivity index (χ1v) is 7.29. The molecule has 0 aliphatic carbocycles. The minimum atomic E-state index is -0.208.